The highest BCUT2D eigenvalue weighted by atomic mass is 16.5. The van der Waals surface area contributed by atoms with Crippen LogP contribution >= 0.6 is 0 Å². The normalized spacial score (nSPS) is 18.6. The number of amides is 2. The molecule has 4 rings (SSSR count). The molecule has 1 unspecified atom stereocenters. The van der Waals surface area contributed by atoms with E-state index in [1.165, 1.54) is 41.4 Å². The molecule has 1 aromatic heterocycles. The fourth-order valence-electron chi connectivity index (χ4n) is 5.71. The molecule has 0 radical (unpaired) electrons. The standard InChI is InChI=1S/C27H39N3O4/c1-29(13-4-5-26(31)28-12-16-33-3)27(32)21-7-9-25-23(18-21)22-17-20(6-8-24(22)30(25)2)19-10-14-34-15-11-19/h7,9,18-20H,4-6,8,10-17H2,1-3H3,(H,28,31). The number of hydrogen-bond donors (Lipinski definition) is 1. The van der Waals surface area contributed by atoms with E-state index in [4.69, 9.17) is 9.47 Å². The van der Waals surface area contributed by atoms with Crippen LogP contribution in [-0.4, -0.2) is 68.3 Å². The zero-order chi connectivity index (χ0) is 24.1. The lowest BCUT2D eigenvalue weighted by Crippen LogP contribution is -2.30. The number of rotatable bonds is 9. The van der Waals surface area contributed by atoms with Crippen LogP contribution in [0.4, 0.5) is 0 Å². The van der Waals surface area contributed by atoms with Gasteiger partial charge in [0.25, 0.3) is 5.91 Å². The third-order valence-electron chi connectivity index (χ3n) is 7.71. The molecule has 1 fully saturated rings. The lowest BCUT2D eigenvalue weighted by Gasteiger charge is -2.33. The maximum Gasteiger partial charge on any atom is 0.253 e. The van der Waals surface area contributed by atoms with Crippen LogP contribution in [-0.2, 0) is 34.2 Å². The number of hydrogen-bond acceptors (Lipinski definition) is 4. The van der Waals surface area contributed by atoms with E-state index in [-0.39, 0.29) is 11.8 Å². The first-order valence-corrected chi connectivity index (χ1v) is 12.7. The third-order valence-corrected chi connectivity index (χ3v) is 7.71. The van der Waals surface area contributed by atoms with Crippen LogP contribution < -0.4 is 5.32 Å². The highest BCUT2D eigenvalue weighted by Gasteiger charge is 2.31. The third kappa shape index (κ3) is 5.47. The number of nitrogens with one attached hydrogen (secondary N) is 1. The average Bonchev–Trinajstić information content (AvgIpc) is 3.15. The first-order valence-electron chi connectivity index (χ1n) is 12.7. The van der Waals surface area contributed by atoms with Gasteiger partial charge in [-0.2, -0.15) is 0 Å². The second-order valence-corrected chi connectivity index (χ2v) is 9.84. The highest BCUT2D eigenvalue weighted by Crippen LogP contribution is 2.39. The van der Waals surface area contributed by atoms with Gasteiger partial charge >= 0.3 is 0 Å². The van der Waals surface area contributed by atoms with Gasteiger partial charge in [-0.1, -0.05) is 0 Å². The van der Waals surface area contributed by atoms with Gasteiger partial charge in [0.15, 0.2) is 0 Å². The number of methoxy groups -OCH3 is 1. The Labute approximate surface area is 202 Å². The summed E-state index contributed by atoms with van der Waals surface area (Å²) < 4.78 is 12.9. The minimum atomic E-state index is -0.00526. The second-order valence-electron chi connectivity index (χ2n) is 9.84. The minimum Gasteiger partial charge on any atom is -0.383 e. The summed E-state index contributed by atoms with van der Waals surface area (Å²) in [6.07, 6.45) is 6.83. The number of aryl methyl sites for hydroxylation is 1. The summed E-state index contributed by atoms with van der Waals surface area (Å²) in [5, 5.41) is 4.05. The monoisotopic (exact) mass is 469 g/mol. The van der Waals surface area contributed by atoms with Crippen LogP contribution in [0.3, 0.4) is 0 Å². The van der Waals surface area contributed by atoms with E-state index in [1.54, 1.807) is 12.0 Å². The Morgan fingerprint density at radius 2 is 2.00 bits per heavy atom. The van der Waals surface area contributed by atoms with E-state index in [2.05, 4.69) is 29.1 Å². The molecular formula is C27H39N3O4. The molecule has 34 heavy (non-hydrogen) atoms. The molecule has 2 aromatic rings. The largest absolute Gasteiger partial charge is 0.383 e. The van der Waals surface area contributed by atoms with Crippen LogP contribution in [0, 0.1) is 11.8 Å². The molecule has 7 nitrogen and oxygen atoms in total. The number of benzene rings is 1. The smallest absolute Gasteiger partial charge is 0.253 e. The van der Waals surface area contributed by atoms with Gasteiger partial charge < -0.3 is 24.3 Å². The Bertz CT molecular complexity index is 1010. The summed E-state index contributed by atoms with van der Waals surface area (Å²) in [5.41, 5.74) is 4.80. The second kappa shape index (κ2) is 11.4. The zero-order valence-electron chi connectivity index (χ0n) is 20.9. The van der Waals surface area contributed by atoms with Crippen molar-refractivity contribution in [3.8, 4) is 0 Å². The Balaban J connectivity index is 1.42. The highest BCUT2D eigenvalue weighted by molar-refractivity contribution is 5.99. The zero-order valence-corrected chi connectivity index (χ0v) is 20.9. The number of carbonyl (C=O) groups is 2. The molecule has 1 atom stereocenters. The summed E-state index contributed by atoms with van der Waals surface area (Å²) >= 11 is 0. The molecule has 1 aromatic carbocycles. The summed E-state index contributed by atoms with van der Waals surface area (Å²) in [4.78, 5) is 26.8. The topological polar surface area (TPSA) is 72.8 Å². The molecule has 7 heteroatoms. The average molecular weight is 470 g/mol. The van der Waals surface area contributed by atoms with Gasteiger partial charge in [-0.25, -0.2) is 0 Å². The van der Waals surface area contributed by atoms with Crippen molar-refractivity contribution in [1.29, 1.82) is 0 Å². The molecular weight excluding hydrogens is 430 g/mol. The number of nitrogens with zero attached hydrogens (tertiary/aromatic N) is 2. The van der Waals surface area contributed by atoms with Crippen molar-refractivity contribution >= 4 is 22.7 Å². The van der Waals surface area contributed by atoms with Crippen LogP contribution in [0.5, 0.6) is 0 Å². The Hall–Kier alpha value is -2.38. The van der Waals surface area contributed by atoms with Gasteiger partial charge in [-0.05, 0) is 74.1 Å². The van der Waals surface area contributed by atoms with Crippen molar-refractivity contribution in [3.05, 3.63) is 35.0 Å². The quantitative estimate of drug-likeness (QED) is 0.572. The van der Waals surface area contributed by atoms with Crippen LogP contribution in [0.2, 0.25) is 0 Å². The van der Waals surface area contributed by atoms with Crippen LogP contribution in [0.25, 0.3) is 10.9 Å². The molecule has 1 saturated heterocycles. The van der Waals surface area contributed by atoms with Crippen molar-refractivity contribution in [3.63, 3.8) is 0 Å². The molecule has 1 N–H and O–H groups in total. The SMILES string of the molecule is COCCNC(=O)CCCN(C)C(=O)c1ccc2c(c1)c1c(n2C)CCC(C2CCOCC2)C1. The molecule has 186 valence electrons. The number of fused-ring (bicyclic) bond motifs is 3. The number of aromatic nitrogens is 1. The van der Waals surface area contributed by atoms with Gasteiger partial charge in [0.1, 0.15) is 0 Å². The van der Waals surface area contributed by atoms with Gasteiger partial charge in [-0.15, -0.1) is 0 Å². The first kappa shape index (κ1) is 24.7. The van der Waals surface area contributed by atoms with Crippen molar-refractivity contribution in [2.24, 2.45) is 18.9 Å². The Kier molecular flexibility index (Phi) is 8.27. The predicted molar refractivity (Wildman–Crippen MR) is 133 cm³/mol. The molecule has 2 amide bonds. The lowest BCUT2D eigenvalue weighted by molar-refractivity contribution is -0.121. The molecule has 0 spiro atoms. The first-order chi connectivity index (χ1) is 16.5. The van der Waals surface area contributed by atoms with E-state index in [0.717, 1.165) is 37.5 Å². The summed E-state index contributed by atoms with van der Waals surface area (Å²) in [6.45, 7) is 3.35. The molecule has 1 aliphatic carbocycles. The van der Waals surface area contributed by atoms with Crippen molar-refractivity contribution in [1.82, 2.24) is 14.8 Å². The maximum atomic E-state index is 13.1. The van der Waals surface area contributed by atoms with Gasteiger partial charge in [-0.3, -0.25) is 9.59 Å². The molecule has 0 bridgehead atoms. The maximum absolute atomic E-state index is 13.1. The van der Waals surface area contributed by atoms with E-state index in [1.807, 2.05) is 13.1 Å². The number of ether oxygens (including phenoxy) is 2. The van der Waals surface area contributed by atoms with E-state index < -0.39 is 0 Å². The van der Waals surface area contributed by atoms with Crippen molar-refractivity contribution in [2.75, 3.05) is 47.1 Å². The van der Waals surface area contributed by atoms with E-state index in [0.29, 0.717) is 38.5 Å². The Morgan fingerprint density at radius 1 is 1.21 bits per heavy atom. The van der Waals surface area contributed by atoms with E-state index in [9.17, 15) is 9.59 Å². The molecule has 2 heterocycles. The fourth-order valence-corrected chi connectivity index (χ4v) is 5.71. The summed E-state index contributed by atoms with van der Waals surface area (Å²) in [6, 6.07) is 6.14. The van der Waals surface area contributed by atoms with Crippen LogP contribution in [0.1, 0.15) is 53.7 Å². The van der Waals surface area contributed by atoms with Crippen molar-refractivity contribution < 1.29 is 19.1 Å². The van der Waals surface area contributed by atoms with Gasteiger partial charge in [0.2, 0.25) is 5.91 Å². The van der Waals surface area contributed by atoms with E-state index >= 15 is 0 Å². The van der Waals surface area contributed by atoms with Crippen molar-refractivity contribution in [2.45, 2.75) is 44.9 Å². The molecule has 2 aliphatic rings. The summed E-state index contributed by atoms with van der Waals surface area (Å²) in [5.74, 6) is 1.46. The fraction of sp³-hybridized carbons (Fsp3) is 0.630. The Morgan fingerprint density at radius 3 is 2.76 bits per heavy atom. The molecule has 0 saturated carbocycles. The number of carbonyl (C=O) groups excluding carboxylic acids is 2. The molecule has 1 aliphatic heterocycles. The summed E-state index contributed by atoms with van der Waals surface area (Å²) in [7, 11) is 5.58. The van der Waals surface area contributed by atoms with Gasteiger partial charge in [0, 0.05) is 76.1 Å². The predicted octanol–water partition coefficient (Wildman–Crippen LogP) is 3.32. The van der Waals surface area contributed by atoms with Gasteiger partial charge in [0.05, 0.1) is 6.61 Å². The minimum absolute atomic E-state index is 0.00526. The lowest BCUT2D eigenvalue weighted by atomic mass is 9.75. The van der Waals surface area contributed by atoms with Crippen LogP contribution in [0.15, 0.2) is 18.2 Å².